The van der Waals surface area contributed by atoms with Gasteiger partial charge in [0.15, 0.2) is 0 Å². The first-order valence-electron chi connectivity index (χ1n) is 4.08. The maximum absolute atomic E-state index is 11.1. The quantitative estimate of drug-likeness (QED) is 0.561. The van der Waals surface area contributed by atoms with Gasteiger partial charge < -0.3 is 11.5 Å². The lowest BCUT2D eigenvalue weighted by Crippen LogP contribution is -2.18. The lowest BCUT2D eigenvalue weighted by Gasteiger charge is -1.91. The molecule has 0 atom stereocenters. The number of nitrogens with zero attached hydrogens (tertiary/aromatic N) is 1. The second-order valence-corrected chi connectivity index (χ2v) is 2.69. The highest BCUT2D eigenvalue weighted by Crippen LogP contribution is 2.04. The monoisotopic (exact) mass is 206 g/mol. The molecule has 0 aliphatic heterocycles. The average molecular weight is 206 g/mol. The van der Waals surface area contributed by atoms with Gasteiger partial charge in [-0.2, -0.15) is 5.10 Å². The summed E-state index contributed by atoms with van der Waals surface area (Å²) in [7, 11) is 0. The molecule has 1 heterocycles. The van der Waals surface area contributed by atoms with Crippen molar-refractivity contribution in [1.82, 2.24) is 10.2 Å². The smallest absolute Gasteiger partial charge is 0.309 e. The molecule has 1 aromatic carbocycles. The van der Waals surface area contributed by atoms with Crippen LogP contribution in [0.1, 0.15) is 0 Å². The summed E-state index contributed by atoms with van der Waals surface area (Å²) < 4.78 is 0. The van der Waals surface area contributed by atoms with E-state index >= 15 is 0 Å². The van der Waals surface area contributed by atoms with Gasteiger partial charge in [0.2, 0.25) is 0 Å². The number of carbonyl (C=O) groups is 1. The van der Waals surface area contributed by atoms with Crippen LogP contribution in [0.15, 0.2) is 35.3 Å². The second-order valence-electron chi connectivity index (χ2n) is 2.69. The van der Waals surface area contributed by atoms with Gasteiger partial charge in [-0.25, -0.2) is 9.89 Å². The van der Waals surface area contributed by atoms with E-state index in [1.807, 2.05) is 18.2 Å². The maximum atomic E-state index is 11.1. The molecule has 5 N–H and O–H groups in total. The number of rotatable bonds is 0. The van der Waals surface area contributed by atoms with Crippen LogP contribution in [-0.4, -0.2) is 16.2 Å². The van der Waals surface area contributed by atoms with Crippen LogP contribution >= 0.6 is 0 Å². The maximum Gasteiger partial charge on any atom is 0.309 e. The van der Waals surface area contributed by atoms with Crippen LogP contribution in [0.25, 0.3) is 10.8 Å². The molecule has 2 rings (SSSR count). The molecule has 0 aliphatic rings. The Morgan fingerprint density at radius 3 is 2.47 bits per heavy atom. The molecule has 78 valence electrons. The van der Waals surface area contributed by atoms with Gasteiger partial charge in [0.1, 0.15) is 0 Å². The standard InChI is InChI=1S/C8H6N2O.CH4N2O/c11-8-7-4-2-1-3-6(7)5-9-10-8;2-1(3)4/h1-5H,(H,10,11);(H4,2,3,4). The van der Waals surface area contributed by atoms with Crippen LogP contribution in [0.4, 0.5) is 4.79 Å². The third-order valence-corrected chi connectivity index (χ3v) is 1.58. The summed E-state index contributed by atoms with van der Waals surface area (Å²) in [5, 5.41) is 7.60. The summed E-state index contributed by atoms with van der Waals surface area (Å²) in [6.45, 7) is 0. The Labute approximate surface area is 84.9 Å². The first-order valence-corrected chi connectivity index (χ1v) is 4.08. The Morgan fingerprint density at radius 2 is 1.87 bits per heavy atom. The summed E-state index contributed by atoms with van der Waals surface area (Å²) in [4.78, 5) is 20.1. The van der Waals surface area contributed by atoms with E-state index in [1.165, 1.54) is 0 Å². The molecule has 6 heteroatoms. The summed E-state index contributed by atoms with van der Waals surface area (Å²) >= 11 is 0. The molecule has 2 amide bonds. The molecule has 0 fully saturated rings. The molecule has 15 heavy (non-hydrogen) atoms. The van der Waals surface area contributed by atoms with E-state index in [4.69, 9.17) is 4.79 Å². The topological polar surface area (TPSA) is 115 Å². The van der Waals surface area contributed by atoms with Crippen LogP contribution in [0, 0.1) is 0 Å². The molecule has 0 spiro atoms. The fraction of sp³-hybridized carbons (Fsp3) is 0. The van der Waals surface area contributed by atoms with Crippen molar-refractivity contribution >= 4 is 16.8 Å². The summed E-state index contributed by atoms with van der Waals surface area (Å²) in [5.41, 5.74) is 8.36. The van der Waals surface area contributed by atoms with Crippen molar-refractivity contribution in [1.29, 1.82) is 0 Å². The minimum absolute atomic E-state index is 0.136. The normalized spacial score (nSPS) is 9.07. The van der Waals surface area contributed by atoms with E-state index < -0.39 is 6.03 Å². The second kappa shape index (κ2) is 4.75. The van der Waals surface area contributed by atoms with E-state index in [9.17, 15) is 4.79 Å². The fourth-order valence-electron chi connectivity index (χ4n) is 1.04. The van der Waals surface area contributed by atoms with Crippen LogP contribution in [-0.2, 0) is 0 Å². The van der Waals surface area contributed by atoms with Crippen molar-refractivity contribution in [3.8, 4) is 0 Å². The minimum atomic E-state index is -0.833. The lowest BCUT2D eigenvalue weighted by molar-refractivity contribution is 0.256. The number of urea groups is 1. The average Bonchev–Trinajstić information content (AvgIpc) is 2.18. The highest BCUT2D eigenvalue weighted by Gasteiger charge is 1.93. The van der Waals surface area contributed by atoms with Gasteiger partial charge >= 0.3 is 6.03 Å². The number of nitrogens with one attached hydrogen (secondary N) is 1. The molecule has 0 aliphatic carbocycles. The van der Waals surface area contributed by atoms with Crippen LogP contribution < -0.4 is 17.0 Å². The number of carbonyl (C=O) groups excluding carboxylic acids is 1. The zero-order valence-corrected chi connectivity index (χ0v) is 7.81. The van der Waals surface area contributed by atoms with Gasteiger partial charge in [-0.3, -0.25) is 4.79 Å². The van der Waals surface area contributed by atoms with Crippen molar-refractivity contribution in [3.05, 3.63) is 40.8 Å². The first-order chi connectivity index (χ1) is 7.11. The van der Waals surface area contributed by atoms with Gasteiger partial charge in [0, 0.05) is 10.8 Å². The largest absolute Gasteiger partial charge is 0.352 e. The van der Waals surface area contributed by atoms with Crippen molar-refractivity contribution in [2.45, 2.75) is 0 Å². The molecule has 0 saturated carbocycles. The van der Waals surface area contributed by atoms with E-state index in [0.717, 1.165) is 5.39 Å². The van der Waals surface area contributed by atoms with E-state index in [-0.39, 0.29) is 5.56 Å². The highest BCUT2D eigenvalue weighted by atomic mass is 16.2. The summed E-state index contributed by atoms with van der Waals surface area (Å²) in [5.74, 6) is 0. The number of primary amides is 2. The minimum Gasteiger partial charge on any atom is -0.352 e. The SMILES string of the molecule is NC(N)=O.O=c1[nH]ncc2ccccc12. The van der Waals surface area contributed by atoms with Crippen LogP contribution in [0.3, 0.4) is 0 Å². The fourth-order valence-corrected chi connectivity index (χ4v) is 1.04. The number of benzene rings is 1. The Kier molecular flexibility index (Phi) is 3.39. The Balaban J connectivity index is 0.000000245. The number of H-pyrrole nitrogens is 1. The first kappa shape index (κ1) is 10.7. The number of hydrogen-bond acceptors (Lipinski definition) is 3. The number of fused-ring (bicyclic) bond motifs is 1. The van der Waals surface area contributed by atoms with Crippen molar-refractivity contribution in [2.24, 2.45) is 11.5 Å². The molecule has 6 nitrogen and oxygen atoms in total. The molecular formula is C9H10N4O2. The molecule has 1 aromatic heterocycles. The Morgan fingerprint density at radius 1 is 1.27 bits per heavy atom. The van der Waals surface area contributed by atoms with Gasteiger partial charge in [-0.05, 0) is 6.07 Å². The number of aromatic amines is 1. The predicted octanol–water partition coefficient (Wildman–Crippen LogP) is -0.0531. The molecule has 0 saturated heterocycles. The zero-order valence-electron chi connectivity index (χ0n) is 7.81. The molecule has 0 unspecified atom stereocenters. The summed E-state index contributed by atoms with van der Waals surface area (Å²) in [6.07, 6.45) is 1.64. The van der Waals surface area contributed by atoms with Gasteiger partial charge in [0.05, 0.1) is 6.20 Å². The van der Waals surface area contributed by atoms with Gasteiger partial charge in [-0.15, -0.1) is 0 Å². The van der Waals surface area contributed by atoms with Crippen molar-refractivity contribution < 1.29 is 4.79 Å². The number of aromatic nitrogens is 2. The third-order valence-electron chi connectivity index (χ3n) is 1.58. The Bertz CT molecular complexity index is 511. The Hall–Kier alpha value is -2.37. The van der Waals surface area contributed by atoms with E-state index in [1.54, 1.807) is 12.3 Å². The van der Waals surface area contributed by atoms with Crippen LogP contribution in [0.2, 0.25) is 0 Å². The molecule has 2 aromatic rings. The summed E-state index contributed by atoms with van der Waals surface area (Å²) in [6, 6.07) is 6.51. The zero-order chi connectivity index (χ0) is 11.3. The molecular weight excluding hydrogens is 196 g/mol. The van der Waals surface area contributed by atoms with Gasteiger partial charge in [0.25, 0.3) is 5.56 Å². The van der Waals surface area contributed by atoms with E-state index in [2.05, 4.69) is 21.7 Å². The molecule has 0 radical (unpaired) electrons. The number of amides is 2. The lowest BCUT2D eigenvalue weighted by atomic mass is 10.2. The van der Waals surface area contributed by atoms with Gasteiger partial charge in [-0.1, -0.05) is 18.2 Å². The van der Waals surface area contributed by atoms with Crippen molar-refractivity contribution in [3.63, 3.8) is 0 Å². The highest BCUT2D eigenvalue weighted by molar-refractivity contribution is 5.80. The van der Waals surface area contributed by atoms with Crippen molar-refractivity contribution in [2.75, 3.05) is 0 Å². The van der Waals surface area contributed by atoms with Crippen LogP contribution in [0.5, 0.6) is 0 Å². The number of hydrogen-bond donors (Lipinski definition) is 3. The predicted molar refractivity (Wildman–Crippen MR) is 56.1 cm³/mol. The third kappa shape index (κ3) is 3.11. The number of nitrogens with two attached hydrogens (primary N) is 2. The molecule has 0 bridgehead atoms. The van der Waals surface area contributed by atoms with E-state index in [0.29, 0.717) is 5.39 Å².